The van der Waals surface area contributed by atoms with Crippen LogP contribution in [0.2, 0.25) is 0 Å². The van der Waals surface area contributed by atoms with Crippen LogP contribution in [0.25, 0.3) is 5.69 Å². The third kappa shape index (κ3) is 5.59. The van der Waals surface area contributed by atoms with Gasteiger partial charge in [-0.05, 0) is 78.4 Å². The van der Waals surface area contributed by atoms with E-state index in [0.717, 1.165) is 37.1 Å². The molecule has 1 aromatic heterocycles. The van der Waals surface area contributed by atoms with Crippen LogP contribution in [0.1, 0.15) is 82.4 Å². The molecule has 1 aliphatic carbocycles. The predicted molar refractivity (Wildman–Crippen MR) is 130 cm³/mol. The van der Waals surface area contributed by atoms with Gasteiger partial charge in [-0.25, -0.2) is 9.48 Å². The molecule has 2 aromatic rings. The standard InChI is InChI=1S/C26H37N5O3/c1-18(2)30(25(33)34-26(3,4)5)17-19-10-9-15-29(16-19)24(32)22-23(20-13-14-20)31(28-27-22)21-11-7-6-8-12-21/h6-8,11-12,18-20H,9-10,13-17H2,1-5H3. The molecule has 2 heterocycles. The summed E-state index contributed by atoms with van der Waals surface area (Å²) in [6.45, 7) is 11.5. The van der Waals surface area contributed by atoms with Crippen LogP contribution in [0.15, 0.2) is 30.3 Å². The molecule has 0 radical (unpaired) electrons. The van der Waals surface area contributed by atoms with Crippen LogP contribution in [0, 0.1) is 5.92 Å². The van der Waals surface area contributed by atoms with E-state index >= 15 is 0 Å². The Morgan fingerprint density at radius 3 is 2.47 bits per heavy atom. The van der Waals surface area contributed by atoms with E-state index in [0.29, 0.717) is 31.2 Å². The Kier molecular flexibility index (Phi) is 6.96. The molecule has 1 atom stereocenters. The molecule has 1 saturated heterocycles. The summed E-state index contributed by atoms with van der Waals surface area (Å²) in [5.74, 6) is 0.474. The van der Waals surface area contributed by atoms with E-state index in [1.165, 1.54) is 0 Å². The number of rotatable bonds is 6. The molecule has 4 rings (SSSR count). The zero-order valence-electron chi connectivity index (χ0n) is 21.0. The van der Waals surface area contributed by atoms with Crippen molar-refractivity contribution in [2.45, 2.75) is 77.9 Å². The molecule has 1 aromatic carbocycles. The summed E-state index contributed by atoms with van der Waals surface area (Å²) in [6, 6.07) is 9.90. The lowest BCUT2D eigenvalue weighted by Gasteiger charge is -2.37. The first-order valence-electron chi connectivity index (χ1n) is 12.4. The summed E-state index contributed by atoms with van der Waals surface area (Å²) in [5, 5.41) is 8.71. The van der Waals surface area contributed by atoms with Crippen molar-refractivity contribution in [1.82, 2.24) is 24.8 Å². The van der Waals surface area contributed by atoms with Crippen LogP contribution < -0.4 is 0 Å². The van der Waals surface area contributed by atoms with Crippen LogP contribution in [0.3, 0.4) is 0 Å². The first-order chi connectivity index (χ1) is 16.1. The molecule has 1 aliphatic heterocycles. The number of benzene rings is 1. The van der Waals surface area contributed by atoms with Crippen LogP contribution in [0.4, 0.5) is 4.79 Å². The monoisotopic (exact) mass is 467 g/mol. The van der Waals surface area contributed by atoms with Crippen LogP contribution >= 0.6 is 0 Å². The second-order valence-electron chi connectivity index (χ2n) is 10.8. The number of amides is 2. The number of hydrogen-bond acceptors (Lipinski definition) is 5. The van der Waals surface area contributed by atoms with Crippen molar-refractivity contribution in [2.75, 3.05) is 19.6 Å². The minimum Gasteiger partial charge on any atom is -0.444 e. The highest BCUT2D eigenvalue weighted by atomic mass is 16.6. The van der Waals surface area contributed by atoms with Gasteiger partial charge in [-0.1, -0.05) is 23.4 Å². The fraction of sp³-hybridized carbons (Fsp3) is 0.615. The summed E-state index contributed by atoms with van der Waals surface area (Å²) >= 11 is 0. The third-order valence-electron chi connectivity index (χ3n) is 6.38. The molecule has 2 fully saturated rings. The van der Waals surface area contributed by atoms with E-state index in [9.17, 15) is 9.59 Å². The van der Waals surface area contributed by atoms with Gasteiger partial charge in [-0.2, -0.15) is 0 Å². The van der Waals surface area contributed by atoms with Gasteiger partial charge in [0.25, 0.3) is 5.91 Å². The lowest BCUT2D eigenvalue weighted by Crippen LogP contribution is -2.48. The molecule has 184 valence electrons. The van der Waals surface area contributed by atoms with Crippen molar-refractivity contribution in [3.63, 3.8) is 0 Å². The number of para-hydroxylation sites is 1. The largest absolute Gasteiger partial charge is 0.444 e. The van der Waals surface area contributed by atoms with Crippen LogP contribution in [-0.2, 0) is 4.74 Å². The Balaban J connectivity index is 1.49. The lowest BCUT2D eigenvalue weighted by atomic mass is 9.96. The predicted octanol–water partition coefficient (Wildman–Crippen LogP) is 4.64. The highest BCUT2D eigenvalue weighted by Gasteiger charge is 2.37. The molecule has 0 spiro atoms. The Hall–Kier alpha value is -2.90. The topological polar surface area (TPSA) is 80.6 Å². The average Bonchev–Trinajstić information content (AvgIpc) is 3.54. The van der Waals surface area contributed by atoms with Gasteiger partial charge in [-0.15, -0.1) is 5.10 Å². The summed E-state index contributed by atoms with van der Waals surface area (Å²) in [4.78, 5) is 30.0. The van der Waals surface area contributed by atoms with Gasteiger partial charge in [0.15, 0.2) is 5.69 Å². The molecule has 0 bridgehead atoms. The number of nitrogens with zero attached hydrogens (tertiary/aromatic N) is 5. The van der Waals surface area contributed by atoms with E-state index in [1.807, 2.05) is 74.5 Å². The molecule has 2 amide bonds. The number of likely N-dealkylation sites (tertiary alicyclic amines) is 1. The van der Waals surface area contributed by atoms with Gasteiger partial charge in [0.1, 0.15) is 5.60 Å². The van der Waals surface area contributed by atoms with Gasteiger partial charge < -0.3 is 14.5 Å². The molecule has 34 heavy (non-hydrogen) atoms. The van der Waals surface area contributed by atoms with Crippen molar-refractivity contribution in [3.05, 3.63) is 41.7 Å². The zero-order valence-corrected chi connectivity index (χ0v) is 21.0. The number of hydrogen-bond donors (Lipinski definition) is 0. The van der Waals surface area contributed by atoms with Crippen molar-refractivity contribution in [2.24, 2.45) is 5.92 Å². The average molecular weight is 468 g/mol. The van der Waals surface area contributed by atoms with Crippen LogP contribution in [0.5, 0.6) is 0 Å². The normalized spacial score (nSPS) is 18.8. The summed E-state index contributed by atoms with van der Waals surface area (Å²) in [6.07, 6.45) is 3.70. The Labute approximate surface area is 202 Å². The summed E-state index contributed by atoms with van der Waals surface area (Å²) < 4.78 is 7.45. The fourth-order valence-electron chi connectivity index (χ4n) is 4.57. The van der Waals surface area contributed by atoms with Crippen molar-refractivity contribution < 1.29 is 14.3 Å². The molecule has 0 N–H and O–H groups in total. The minimum absolute atomic E-state index is 0.0215. The Bertz CT molecular complexity index is 1010. The SMILES string of the molecule is CC(C)N(CC1CCCN(C(=O)c2nnn(-c3ccccc3)c2C2CC2)C1)C(=O)OC(C)(C)C. The van der Waals surface area contributed by atoms with E-state index in [4.69, 9.17) is 4.74 Å². The highest BCUT2D eigenvalue weighted by Crippen LogP contribution is 2.42. The first-order valence-corrected chi connectivity index (χ1v) is 12.4. The number of carbonyl (C=O) groups is 2. The smallest absolute Gasteiger partial charge is 0.410 e. The minimum atomic E-state index is -0.539. The summed E-state index contributed by atoms with van der Waals surface area (Å²) in [7, 11) is 0. The molecule has 1 saturated carbocycles. The first kappa shape index (κ1) is 24.2. The van der Waals surface area contributed by atoms with E-state index in [2.05, 4.69) is 10.3 Å². The van der Waals surface area contributed by atoms with E-state index in [1.54, 1.807) is 4.90 Å². The highest BCUT2D eigenvalue weighted by molar-refractivity contribution is 5.93. The van der Waals surface area contributed by atoms with Crippen molar-refractivity contribution in [1.29, 1.82) is 0 Å². The van der Waals surface area contributed by atoms with Gasteiger partial charge in [-0.3, -0.25) is 4.79 Å². The zero-order chi connectivity index (χ0) is 24.5. The Morgan fingerprint density at radius 2 is 1.85 bits per heavy atom. The van der Waals surface area contributed by atoms with Gasteiger partial charge in [0.05, 0.1) is 11.4 Å². The maximum absolute atomic E-state index is 13.6. The molecular formula is C26H37N5O3. The quantitative estimate of drug-likeness (QED) is 0.618. The van der Waals surface area contributed by atoms with E-state index in [-0.39, 0.29) is 24.0 Å². The van der Waals surface area contributed by atoms with E-state index < -0.39 is 5.60 Å². The number of piperidine rings is 1. The third-order valence-corrected chi connectivity index (χ3v) is 6.38. The number of carbonyl (C=O) groups excluding carboxylic acids is 2. The molecule has 1 unspecified atom stereocenters. The maximum Gasteiger partial charge on any atom is 0.410 e. The second kappa shape index (κ2) is 9.76. The lowest BCUT2D eigenvalue weighted by molar-refractivity contribution is 0.0123. The molecule has 8 heteroatoms. The molecule has 8 nitrogen and oxygen atoms in total. The number of ether oxygens (including phenoxy) is 1. The van der Waals surface area contributed by atoms with Crippen molar-refractivity contribution >= 4 is 12.0 Å². The number of aromatic nitrogens is 3. The second-order valence-corrected chi connectivity index (χ2v) is 10.8. The van der Waals surface area contributed by atoms with Crippen LogP contribution in [-0.4, -0.2) is 68.1 Å². The molecular weight excluding hydrogens is 430 g/mol. The molecule has 2 aliphatic rings. The van der Waals surface area contributed by atoms with Crippen molar-refractivity contribution in [3.8, 4) is 5.69 Å². The van der Waals surface area contributed by atoms with Gasteiger partial charge in [0.2, 0.25) is 0 Å². The van der Waals surface area contributed by atoms with Gasteiger partial charge in [0, 0.05) is 31.6 Å². The summed E-state index contributed by atoms with van der Waals surface area (Å²) in [5.41, 5.74) is 1.79. The fourth-order valence-corrected chi connectivity index (χ4v) is 4.57. The Morgan fingerprint density at radius 1 is 1.15 bits per heavy atom. The maximum atomic E-state index is 13.6. The van der Waals surface area contributed by atoms with Gasteiger partial charge >= 0.3 is 6.09 Å².